The predicted molar refractivity (Wildman–Crippen MR) is 98.2 cm³/mol. The van der Waals surface area contributed by atoms with Crippen LogP contribution in [0.4, 0.5) is 0 Å². The van der Waals surface area contributed by atoms with E-state index in [0.29, 0.717) is 0 Å². The van der Waals surface area contributed by atoms with Gasteiger partial charge in [0.05, 0.1) is 6.61 Å². The smallest absolute Gasteiger partial charge is 0.119 e. The largest absolute Gasteiger partial charge is 0.494 e. The minimum Gasteiger partial charge on any atom is -0.494 e. The van der Waals surface area contributed by atoms with Crippen LogP contribution in [-0.2, 0) is 5.41 Å². The standard InChI is InChI=1S/C20H25BrO/c1-20(2,17-9-5-3-6-10-17)18-11-13-19(14-12-18)22-16-8-4-7-15-21/h3,5-6,9-14H,4,7-8,15-16H2,1-2H3. The molecule has 0 amide bonds. The summed E-state index contributed by atoms with van der Waals surface area (Å²) in [5.41, 5.74) is 2.65. The summed E-state index contributed by atoms with van der Waals surface area (Å²) in [7, 11) is 0. The van der Waals surface area contributed by atoms with Crippen molar-refractivity contribution in [1.29, 1.82) is 0 Å². The highest BCUT2D eigenvalue weighted by Crippen LogP contribution is 2.32. The van der Waals surface area contributed by atoms with Gasteiger partial charge < -0.3 is 4.74 Å². The second kappa shape index (κ2) is 8.38. The van der Waals surface area contributed by atoms with E-state index < -0.39 is 0 Å². The molecule has 22 heavy (non-hydrogen) atoms. The van der Waals surface area contributed by atoms with Crippen LogP contribution in [0.2, 0.25) is 0 Å². The summed E-state index contributed by atoms with van der Waals surface area (Å²) in [6.45, 7) is 5.32. The summed E-state index contributed by atoms with van der Waals surface area (Å²) in [5, 5.41) is 1.08. The van der Waals surface area contributed by atoms with Gasteiger partial charge in [-0.25, -0.2) is 0 Å². The average molecular weight is 361 g/mol. The van der Waals surface area contributed by atoms with Gasteiger partial charge in [0.2, 0.25) is 0 Å². The zero-order valence-electron chi connectivity index (χ0n) is 13.5. The van der Waals surface area contributed by atoms with Crippen LogP contribution >= 0.6 is 15.9 Å². The molecule has 0 saturated heterocycles. The molecule has 2 rings (SSSR count). The van der Waals surface area contributed by atoms with Crippen molar-refractivity contribution >= 4 is 15.9 Å². The summed E-state index contributed by atoms with van der Waals surface area (Å²) < 4.78 is 5.81. The van der Waals surface area contributed by atoms with Gasteiger partial charge in [-0.15, -0.1) is 0 Å². The van der Waals surface area contributed by atoms with Gasteiger partial charge in [-0.3, -0.25) is 0 Å². The number of unbranched alkanes of at least 4 members (excludes halogenated alkanes) is 2. The predicted octanol–water partition coefficient (Wildman–Crippen LogP) is 5.96. The molecule has 0 radical (unpaired) electrons. The van der Waals surface area contributed by atoms with Crippen LogP contribution in [0.3, 0.4) is 0 Å². The van der Waals surface area contributed by atoms with E-state index in [1.54, 1.807) is 0 Å². The molecule has 118 valence electrons. The van der Waals surface area contributed by atoms with Gasteiger partial charge in [0.1, 0.15) is 5.75 Å². The molecule has 0 aromatic heterocycles. The number of hydrogen-bond donors (Lipinski definition) is 0. The lowest BCUT2D eigenvalue weighted by atomic mass is 9.78. The molecule has 0 spiro atoms. The highest BCUT2D eigenvalue weighted by Gasteiger charge is 2.22. The molecule has 0 saturated carbocycles. The molecule has 0 N–H and O–H groups in total. The van der Waals surface area contributed by atoms with Crippen molar-refractivity contribution in [1.82, 2.24) is 0 Å². The SMILES string of the molecule is CC(C)(c1ccccc1)c1ccc(OCCCCCBr)cc1. The van der Waals surface area contributed by atoms with E-state index in [1.165, 1.54) is 24.0 Å². The third-order valence-electron chi connectivity index (χ3n) is 4.12. The van der Waals surface area contributed by atoms with Crippen LogP contribution in [0.25, 0.3) is 0 Å². The summed E-state index contributed by atoms with van der Waals surface area (Å²) in [5.74, 6) is 0.964. The van der Waals surface area contributed by atoms with Crippen molar-refractivity contribution in [3.8, 4) is 5.75 Å². The number of benzene rings is 2. The fourth-order valence-corrected chi connectivity index (χ4v) is 2.95. The lowest BCUT2D eigenvalue weighted by Gasteiger charge is -2.26. The Morgan fingerprint density at radius 2 is 1.45 bits per heavy atom. The Balaban J connectivity index is 1.96. The van der Waals surface area contributed by atoms with Crippen molar-refractivity contribution in [2.24, 2.45) is 0 Å². The second-order valence-electron chi connectivity index (χ2n) is 6.11. The van der Waals surface area contributed by atoms with Gasteiger partial charge in [0, 0.05) is 10.7 Å². The summed E-state index contributed by atoms with van der Waals surface area (Å²) in [6, 6.07) is 19.2. The quantitative estimate of drug-likeness (QED) is 0.417. The molecule has 2 aromatic rings. The Kier molecular flexibility index (Phi) is 6.50. The van der Waals surface area contributed by atoms with Gasteiger partial charge in [-0.1, -0.05) is 72.2 Å². The van der Waals surface area contributed by atoms with Gasteiger partial charge in [0.15, 0.2) is 0 Å². The molecule has 2 heteroatoms. The van der Waals surface area contributed by atoms with Crippen molar-refractivity contribution in [2.45, 2.75) is 38.5 Å². The fourth-order valence-electron chi connectivity index (χ4n) is 2.55. The van der Waals surface area contributed by atoms with E-state index in [0.717, 1.165) is 24.1 Å². The first-order chi connectivity index (χ1) is 10.6. The highest BCUT2D eigenvalue weighted by atomic mass is 79.9. The molecule has 0 atom stereocenters. The Morgan fingerprint density at radius 3 is 2.09 bits per heavy atom. The first kappa shape index (κ1) is 17.1. The maximum Gasteiger partial charge on any atom is 0.119 e. The molecule has 0 fully saturated rings. The summed E-state index contributed by atoms with van der Waals surface area (Å²) >= 11 is 3.45. The van der Waals surface area contributed by atoms with Gasteiger partial charge >= 0.3 is 0 Å². The molecule has 2 aromatic carbocycles. The molecule has 0 aliphatic rings. The maximum atomic E-state index is 5.81. The Morgan fingerprint density at radius 1 is 0.818 bits per heavy atom. The van der Waals surface area contributed by atoms with Gasteiger partial charge in [-0.05, 0) is 42.5 Å². The monoisotopic (exact) mass is 360 g/mol. The zero-order chi connectivity index (χ0) is 15.8. The molecule has 0 heterocycles. The normalized spacial score (nSPS) is 11.4. The molecule has 0 unspecified atom stereocenters. The Bertz CT molecular complexity index is 546. The average Bonchev–Trinajstić information content (AvgIpc) is 2.56. The second-order valence-corrected chi connectivity index (χ2v) is 6.91. The molecular weight excluding hydrogens is 336 g/mol. The van der Waals surface area contributed by atoms with Crippen LogP contribution in [0.1, 0.15) is 44.2 Å². The van der Waals surface area contributed by atoms with Crippen molar-refractivity contribution in [2.75, 3.05) is 11.9 Å². The molecule has 0 aliphatic heterocycles. The third-order valence-corrected chi connectivity index (χ3v) is 4.68. The molecule has 0 aliphatic carbocycles. The topological polar surface area (TPSA) is 9.23 Å². The van der Waals surface area contributed by atoms with E-state index in [2.05, 4.69) is 84.4 Å². The van der Waals surface area contributed by atoms with E-state index in [1.807, 2.05) is 0 Å². The number of alkyl halides is 1. The minimum atomic E-state index is 0.00959. The van der Waals surface area contributed by atoms with Crippen molar-refractivity contribution < 1.29 is 4.74 Å². The minimum absolute atomic E-state index is 0.00959. The van der Waals surface area contributed by atoms with Gasteiger partial charge in [-0.2, -0.15) is 0 Å². The number of hydrogen-bond acceptors (Lipinski definition) is 1. The Hall–Kier alpha value is -1.28. The fraction of sp³-hybridized carbons (Fsp3) is 0.400. The van der Waals surface area contributed by atoms with Crippen LogP contribution < -0.4 is 4.74 Å². The Labute approximate surface area is 142 Å². The van der Waals surface area contributed by atoms with E-state index in [4.69, 9.17) is 4.74 Å². The van der Waals surface area contributed by atoms with Crippen LogP contribution in [0, 0.1) is 0 Å². The maximum absolute atomic E-state index is 5.81. The zero-order valence-corrected chi connectivity index (χ0v) is 15.1. The van der Waals surface area contributed by atoms with E-state index >= 15 is 0 Å². The van der Waals surface area contributed by atoms with E-state index in [9.17, 15) is 0 Å². The molecule has 1 nitrogen and oxygen atoms in total. The summed E-state index contributed by atoms with van der Waals surface area (Å²) in [4.78, 5) is 0. The lowest BCUT2D eigenvalue weighted by molar-refractivity contribution is 0.306. The summed E-state index contributed by atoms with van der Waals surface area (Å²) in [6.07, 6.45) is 3.54. The first-order valence-corrected chi connectivity index (χ1v) is 9.11. The van der Waals surface area contributed by atoms with Crippen LogP contribution in [0.15, 0.2) is 54.6 Å². The number of rotatable bonds is 8. The highest BCUT2D eigenvalue weighted by molar-refractivity contribution is 9.09. The van der Waals surface area contributed by atoms with E-state index in [-0.39, 0.29) is 5.41 Å². The van der Waals surface area contributed by atoms with Crippen LogP contribution in [0.5, 0.6) is 5.75 Å². The van der Waals surface area contributed by atoms with Crippen molar-refractivity contribution in [3.63, 3.8) is 0 Å². The lowest BCUT2D eigenvalue weighted by Crippen LogP contribution is -2.18. The number of halogens is 1. The first-order valence-electron chi connectivity index (χ1n) is 7.99. The van der Waals surface area contributed by atoms with Gasteiger partial charge in [0.25, 0.3) is 0 Å². The van der Waals surface area contributed by atoms with Crippen LogP contribution in [-0.4, -0.2) is 11.9 Å². The van der Waals surface area contributed by atoms with Crippen molar-refractivity contribution in [3.05, 3.63) is 65.7 Å². The number of ether oxygens (including phenoxy) is 1. The third kappa shape index (κ3) is 4.61. The molecular formula is C20H25BrO. The molecule has 0 bridgehead atoms.